The van der Waals surface area contributed by atoms with Gasteiger partial charge in [-0.25, -0.2) is 0 Å². The molecule has 4 heteroatoms. The standard InChI is InChI=1S/C18H25NO3/c1-11(2)14-6-4-12(3)8-15(14)19-18(20)13-5-7-16-17(9-13)22-10-21-16/h5,7,9,11-12,14-15H,4,6,8,10H2,1-3H3,(H,19,20)/t12-,14+,15?/m1/s1. The maximum Gasteiger partial charge on any atom is 0.251 e. The van der Waals surface area contributed by atoms with Gasteiger partial charge in [0.25, 0.3) is 5.91 Å². The summed E-state index contributed by atoms with van der Waals surface area (Å²) in [7, 11) is 0. The molecule has 2 aliphatic rings. The molecule has 0 spiro atoms. The van der Waals surface area contributed by atoms with Crippen LogP contribution in [0, 0.1) is 17.8 Å². The van der Waals surface area contributed by atoms with Crippen molar-refractivity contribution in [3.63, 3.8) is 0 Å². The summed E-state index contributed by atoms with van der Waals surface area (Å²) in [5.41, 5.74) is 0.644. The molecule has 1 heterocycles. The van der Waals surface area contributed by atoms with Crippen LogP contribution in [0.1, 0.15) is 50.4 Å². The van der Waals surface area contributed by atoms with E-state index in [0.29, 0.717) is 34.8 Å². The lowest BCUT2D eigenvalue weighted by Gasteiger charge is -2.37. The van der Waals surface area contributed by atoms with E-state index in [0.717, 1.165) is 6.42 Å². The third-order valence-corrected chi connectivity index (χ3v) is 4.97. The van der Waals surface area contributed by atoms with Crippen LogP contribution in [0.15, 0.2) is 18.2 Å². The van der Waals surface area contributed by atoms with E-state index in [9.17, 15) is 4.79 Å². The molecule has 3 rings (SSSR count). The minimum absolute atomic E-state index is 0.0111. The number of carbonyl (C=O) groups is 1. The Kier molecular flexibility index (Phi) is 4.27. The molecule has 22 heavy (non-hydrogen) atoms. The van der Waals surface area contributed by atoms with Gasteiger partial charge < -0.3 is 14.8 Å². The molecule has 1 fully saturated rings. The van der Waals surface area contributed by atoms with Crippen LogP contribution in [-0.4, -0.2) is 18.7 Å². The third-order valence-electron chi connectivity index (χ3n) is 4.97. The zero-order valence-corrected chi connectivity index (χ0v) is 13.6. The van der Waals surface area contributed by atoms with Crippen LogP contribution in [0.25, 0.3) is 0 Å². The smallest absolute Gasteiger partial charge is 0.251 e. The number of hydrogen-bond acceptors (Lipinski definition) is 3. The van der Waals surface area contributed by atoms with Crippen LogP contribution < -0.4 is 14.8 Å². The summed E-state index contributed by atoms with van der Waals surface area (Å²) in [6, 6.07) is 5.65. The summed E-state index contributed by atoms with van der Waals surface area (Å²) < 4.78 is 10.6. The van der Waals surface area contributed by atoms with Crippen LogP contribution in [0.2, 0.25) is 0 Å². The van der Waals surface area contributed by atoms with Crippen molar-refractivity contribution in [1.29, 1.82) is 0 Å². The van der Waals surface area contributed by atoms with Crippen molar-refractivity contribution in [3.05, 3.63) is 23.8 Å². The monoisotopic (exact) mass is 303 g/mol. The molecule has 120 valence electrons. The first kappa shape index (κ1) is 15.2. The molecular weight excluding hydrogens is 278 g/mol. The first-order valence-electron chi connectivity index (χ1n) is 8.25. The second-order valence-corrected chi connectivity index (χ2v) is 6.97. The van der Waals surface area contributed by atoms with E-state index in [2.05, 4.69) is 26.1 Å². The highest BCUT2D eigenvalue weighted by Crippen LogP contribution is 2.35. The summed E-state index contributed by atoms with van der Waals surface area (Å²) in [4.78, 5) is 12.6. The summed E-state index contributed by atoms with van der Waals surface area (Å²) >= 11 is 0. The number of hydrogen-bond donors (Lipinski definition) is 1. The molecular formula is C18H25NO3. The fraction of sp³-hybridized carbons (Fsp3) is 0.611. The number of amides is 1. The van der Waals surface area contributed by atoms with Crippen molar-refractivity contribution in [2.75, 3.05) is 6.79 Å². The molecule has 1 aromatic rings. The molecule has 1 aliphatic heterocycles. The fourth-order valence-corrected chi connectivity index (χ4v) is 3.66. The maximum absolute atomic E-state index is 12.6. The molecule has 1 amide bonds. The third kappa shape index (κ3) is 3.06. The van der Waals surface area contributed by atoms with Crippen LogP contribution >= 0.6 is 0 Å². The molecule has 1 unspecified atom stereocenters. The molecule has 0 aromatic heterocycles. The second-order valence-electron chi connectivity index (χ2n) is 6.97. The van der Waals surface area contributed by atoms with E-state index < -0.39 is 0 Å². The Bertz CT molecular complexity index is 555. The van der Waals surface area contributed by atoms with Gasteiger partial charge in [0, 0.05) is 11.6 Å². The van der Waals surface area contributed by atoms with Crippen molar-refractivity contribution in [2.24, 2.45) is 17.8 Å². The zero-order chi connectivity index (χ0) is 15.7. The average molecular weight is 303 g/mol. The Labute approximate surface area is 132 Å². The number of benzene rings is 1. The van der Waals surface area contributed by atoms with Crippen molar-refractivity contribution in [2.45, 2.75) is 46.1 Å². The van der Waals surface area contributed by atoms with E-state index >= 15 is 0 Å². The fourth-order valence-electron chi connectivity index (χ4n) is 3.66. The molecule has 1 aliphatic carbocycles. The predicted octanol–water partition coefficient (Wildman–Crippen LogP) is 3.61. The van der Waals surface area contributed by atoms with E-state index in [1.807, 2.05) is 0 Å². The Morgan fingerprint density at radius 3 is 2.77 bits per heavy atom. The summed E-state index contributed by atoms with van der Waals surface area (Å²) in [5.74, 6) is 3.19. The van der Waals surface area contributed by atoms with E-state index in [4.69, 9.17) is 9.47 Å². The van der Waals surface area contributed by atoms with Gasteiger partial charge in [0.1, 0.15) is 0 Å². The van der Waals surface area contributed by atoms with Gasteiger partial charge in [-0.3, -0.25) is 4.79 Å². The van der Waals surface area contributed by atoms with Crippen LogP contribution in [0.4, 0.5) is 0 Å². The van der Waals surface area contributed by atoms with Gasteiger partial charge in [0.2, 0.25) is 6.79 Å². The molecule has 0 radical (unpaired) electrons. The van der Waals surface area contributed by atoms with Gasteiger partial charge >= 0.3 is 0 Å². The highest BCUT2D eigenvalue weighted by molar-refractivity contribution is 5.95. The highest BCUT2D eigenvalue weighted by atomic mass is 16.7. The molecule has 1 saturated carbocycles. The summed E-state index contributed by atoms with van der Waals surface area (Å²) in [5, 5.41) is 3.25. The highest BCUT2D eigenvalue weighted by Gasteiger charge is 2.32. The van der Waals surface area contributed by atoms with Gasteiger partial charge in [0.15, 0.2) is 11.5 Å². The van der Waals surface area contributed by atoms with E-state index in [-0.39, 0.29) is 18.7 Å². The molecule has 1 aromatic carbocycles. The molecule has 0 saturated heterocycles. The van der Waals surface area contributed by atoms with Crippen LogP contribution in [0.5, 0.6) is 11.5 Å². The number of carbonyl (C=O) groups excluding carboxylic acids is 1. The van der Waals surface area contributed by atoms with Gasteiger partial charge in [-0.15, -0.1) is 0 Å². The van der Waals surface area contributed by atoms with Crippen LogP contribution in [0.3, 0.4) is 0 Å². The van der Waals surface area contributed by atoms with Gasteiger partial charge in [-0.05, 0) is 48.8 Å². The maximum atomic E-state index is 12.6. The Balaban J connectivity index is 1.72. The van der Waals surface area contributed by atoms with E-state index in [1.165, 1.54) is 12.8 Å². The lowest BCUT2D eigenvalue weighted by Crippen LogP contribution is -2.45. The quantitative estimate of drug-likeness (QED) is 0.928. The molecule has 4 nitrogen and oxygen atoms in total. The largest absolute Gasteiger partial charge is 0.454 e. The topological polar surface area (TPSA) is 47.6 Å². The van der Waals surface area contributed by atoms with Crippen molar-refractivity contribution in [3.8, 4) is 11.5 Å². The molecule has 3 atom stereocenters. The number of rotatable bonds is 3. The van der Waals surface area contributed by atoms with Gasteiger partial charge in [0.05, 0.1) is 0 Å². The van der Waals surface area contributed by atoms with Gasteiger partial charge in [-0.2, -0.15) is 0 Å². The van der Waals surface area contributed by atoms with Crippen LogP contribution in [-0.2, 0) is 0 Å². The van der Waals surface area contributed by atoms with Crippen molar-refractivity contribution in [1.82, 2.24) is 5.32 Å². The number of ether oxygens (including phenoxy) is 2. The number of fused-ring (bicyclic) bond motifs is 1. The minimum atomic E-state index is -0.0111. The Hall–Kier alpha value is -1.71. The minimum Gasteiger partial charge on any atom is -0.454 e. The number of nitrogens with one attached hydrogen (secondary N) is 1. The van der Waals surface area contributed by atoms with Crippen molar-refractivity contribution < 1.29 is 14.3 Å². The Morgan fingerprint density at radius 2 is 2.00 bits per heavy atom. The first-order chi connectivity index (χ1) is 10.5. The molecule has 0 bridgehead atoms. The normalized spacial score (nSPS) is 27.0. The average Bonchev–Trinajstić information content (AvgIpc) is 2.94. The second kappa shape index (κ2) is 6.19. The lowest BCUT2D eigenvalue weighted by molar-refractivity contribution is 0.0867. The lowest BCUT2D eigenvalue weighted by atomic mass is 9.74. The summed E-state index contributed by atoms with van der Waals surface area (Å²) in [6.07, 6.45) is 3.53. The SMILES string of the molecule is CC(C)[C@@H]1CC[C@@H](C)CC1NC(=O)c1ccc2c(c1)OCO2. The predicted molar refractivity (Wildman–Crippen MR) is 85.2 cm³/mol. The summed E-state index contributed by atoms with van der Waals surface area (Å²) in [6.45, 7) is 7.01. The first-order valence-corrected chi connectivity index (χ1v) is 8.25. The zero-order valence-electron chi connectivity index (χ0n) is 13.6. The molecule has 1 N–H and O–H groups in total. The van der Waals surface area contributed by atoms with E-state index in [1.54, 1.807) is 18.2 Å². The van der Waals surface area contributed by atoms with Gasteiger partial charge in [-0.1, -0.05) is 27.2 Å². The Morgan fingerprint density at radius 1 is 1.23 bits per heavy atom. The van der Waals surface area contributed by atoms with Crippen molar-refractivity contribution >= 4 is 5.91 Å².